The Hall–Kier alpha value is -1.84. The van der Waals surface area contributed by atoms with Crippen LogP contribution in [0.2, 0.25) is 0 Å². The second kappa shape index (κ2) is 4.99. The van der Waals surface area contributed by atoms with Gasteiger partial charge >= 0.3 is 0 Å². The zero-order valence-electron chi connectivity index (χ0n) is 10.2. The standard InChI is InChI=1S/C13H17N3O/c1-3-9(2)8-14-13(17)12-10-6-4-5-7-11(10)15-16-12/h4-7,9H,3,8H2,1-2H3,(H,14,17)(H,15,16). The summed E-state index contributed by atoms with van der Waals surface area (Å²) in [6.07, 6.45) is 1.06. The highest BCUT2D eigenvalue weighted by Gasteiger charge is 2.13. The van der Waals surface area contributed by atoms with Crippen molar-refractivity contribution in [2.75, 3.05) is 6.54 Å². The van der Waals surface area contributed by atoms with Crippen LogP contribution in [0.3, 0.4) is 0 Å². The van der Waals surface area contributed by atoms with E-state index in [-0.39, 0.29) is 5.91 Å². The average Bonchev–Trinajstić information content (AvgIpc) is 2.79. The highest BCUT2D eigenvalue weighted by Crippen LogP contribution is 2.14. The van der Waals surface area contributed by atoms with E-state index in [0.717, 1.165) is 17.3 Å². The maximum absolute atomic E-state index is 11.9. The van der Waals surface area contributed by atoms with Gasteiger partial charge in [-0.05, 0) is 12.0 Å². The molecule has 0 bridgehead atoms. The molecule has 2 aromatic rings. The molecule has 2 rings (SSSR count). The Morgan fingerprint density at radius 3 is 3.00 bits per heavy atom. The molecule has 2 N–H and O–H groups in total. The minimum Gasteiger partial charge on any atom is -0.350 e. The summed E-state index contributed by atoms with van der Waals surface area (Å²) in [5.74, 6) is 0.381. The number of para-hydroxylation sites is 1. The summed E-state index contributed by atoms with van der Waals surface area (Å²) in [5, 5.41) is 10.7. The minimum absolute atomic E-state index is 0.109. The normalized spacial score (nSPS) is 12.6. The Morgan fingerprint density at radius 2 is 2.24 bits per heavy atom. The second-order valence-corrected chi connectivity index (χ2v) is 4.34. The van der Waals surface area contributed by atoms with Crippen LogP contribution < -0.4 is 5.32 Å². The van der Waals surface area contributed by atoms with Gasteiger partial charge in [-0.25, -0.2) is 0 Å². The number of benzene rings is 1. The van der Waals surface area contributed by atoms with Crippen LogP contribution in [0.5, 0.6) is 0 Å². The van der Waals surface area contributed by atoms with Gasteiger partial charge in [0.2, 0.25) is 0 Å². The summed E-state index contributed by atoms with van der Waals surface area (Å²) in [7, 11) is 0. The third-order valence-corrected chi connectivity index (χ3v) is 2.99. The first-order valence-electron chi connectivity index (χ1n) is 5.93. The van der Waals surface area contributed by atoms with E-state index in [1.165, 1.54) is 0 Å². The maximum Gasteiger partial charge on any atom is 0.272 e. The van der Waals surface area contributed by atoms with Gasteiger partial charge < -0.3 is 5.32 Å². The van der Waals surface area contributed by atoms with E-state index < -0.39 is 0 Å². The predicted octanol–water partition coefficient (Wildman–Crippen LogP) is 2.34. The van der Waals surface area contributed by atoms with Gasteiger partial charge in [-0.2, -0.15) is 5.10 Å². The number of carbonyl (C=O) groups is 1. The fourth-order valence-electron chi connectivity index (χ4n) is 1.63. The average molecular weight is 231 g/mol. The maximum atomic E-state index is 11.9. The van der Waals surface area contributed by atoms with Gasteiger partial charge in [0, 0.05) is 11.9 Å². The highest BCUT2D eigenvalue weighted by atomic mass is 16.1. The van der Waals surface area contributed by atoms with E-state index in [4.69, 9.17) is 0 Å². The molecule has 1 atom stereocenters. The molecule has 1 unspecified atom stereocenters. The van der Waals surface area contributed by atoms with Crippen LogP contribution in [0.1, 0.15) is 30.8 Å². The summed E-state index contributed by atoms with van der Waals surface area (Å²) in [6, 6.07) is 7.63. The molecule has 0 spiro atoms. The first-order valence-corrected chi connectivity index (χ1v) is 5.93. The molecule has 0 fully saturated rings. The molecule has 0 aliphatic carbocycles. The number of fused-ring (bicyclic) bond motifs is 1. The van der Waals surface area contributed by atoms with Crippen molar-refractivity contribution in [3.63, 3.8) is 0 Å². The second-order valence-electron chi connectivity index (χ2n) is 4.34. The van der Waals surface area contributed by atoms with Crippen LogP contribution in [0.15, 0.2) is 24.3 Å². The quantitative estimate of drug-likeness (QED) is 0.848. The molecule has 1 amide bonds. The number of amides is 1. The monoisotopic (exact) mass is 231 g/mol. The lowest BCUT2D eigenvalue weighted by atomic mass is 10.1. The highest BCUT2D eigenvalue weighted by molar-refractivity contribution is 6.04. The van der Waals surface area contributed by atoms with Gasteiger partial charge in [-0.15, -0.1) is 0 Å². The van der Waals surface area contributed by atoms with Crippen molar-refractivity contribution < 1.29 is 4.79 Å². The Bertz CT molecular complexity index is 518. The van der Waals surface area contributed by atoms with Crippen LogP contribution in [-0.4, -0.2) is 22.6 Å². The van der Waals surface area contributed by atoms with E-state index >= 15 is 0 Å². The van der Waals surface area contributed by atoms with Gasteiger partial charge in [0.25, 0.3) is 5.91 Å². The van der Waals surface area contributed by atoms with Crippen molar-refractivity contribution in [2.45, 2.75) is 20.3 Å². The molecular formula is C13H17N3O. The van der Waals surface area contributed by atoms with E-state index in [9.17, 15) is 4.79 Å². The van der Waals surface area contributed by atoms with Crippen LogP contribution in [0.4, 0.5) is 0 Å². The third-order valence-electron chi connectivity index (χ3n) is 2.99. The first kappa shape index (κ1) is 11.6. The first-order chi connectivity index (χ1) is 8.22. The topological polar surface area (TPSA) is 57.8 Å². The zero-order chi connectivity index (χ0) is 12.3. The minimum atomic E-state index is -0.109. The van der Waals surface area contributed by atoms with Crippen LogP contribution in [-0.2, 0) is 0 Å². The van der Waals surface area contributed by atoms with Crippen molar-refractivity contribution in [1.29, 1.82) is 0 Å². The fourth-order valence-corrected chi connectivity index (χ4v) is 1.63. The summed E-state index contributed by atoms with van der Waals surface area (Å²) in [4.78, 5) is 11.9. The van der Waals surface area contributed by atoms with Crippen molar-refractivity contribution in [3.05, 3.63) is 30.0 Å². The molecule has 4 nitrogen and oxygen atoms in total. The van der Waals surface area contributed by atoms with E-state index in [1.54, 1.807) is 0 Å². The zero-order valence-corrected chi connectivity index (χ0v) is 10.2. The SMILES string of the molecule is CCC(C)CNC(=O)c1n[nH]c2ccccc12. The third kappa shape index (κ3) is 2.46. The molecule has 0 aliphatic heterocycles. The molecular weight excluding hydrogens is 214 g/mol. The van der Waals surface area contributed by atoms with Gasteiger partial charge in [-0.3, -0.25) is 9.89 Å². The Labute approximate surface area is 100 Å². The molecule has 17 heavy (non-hydrogen) atoms. The Balaban J connectivity index is 2.14. The number of nitrogens with zero attached hydrogens (tertiary/aromatic N) is 1. The summed E-state index contributed by atoms with van der Waals surface area (Å²) >= 11 is 0. The summed E-state index contributed by atoms with van der Waals surface area (Å²) in [6.45, 7) is 4.92. The van der Waals surface area contributed by atoms with Gasteiger partial charge in [-0.1, -0.05) is 38.5 Å². The number of aromatic nitrogens is 2. The van der Waals surface area contributed by atoms with Crippen LogP contribution >= 0.6 is 0 Å². The van der Waals surface area contributed by atoms with E-state index in [1.807, 2.05) is 24.3 Å². The number of carbonyl (C=O) groups excluding carboxylic acids is 1. The molecule has 0 saturated carbocycles. The van der Waals surface area contributed by atoms with Crippen molar-refractivity contribution in [3.8, 4) is 0 Å². The molecule has 1 aromatic heterocycles. The number of hydrogen-bond acceptors (Lipinski definition) is 2. The molecule has 90 valence electrons. The Kier molecular flexibility index (Phi) is 3.42. The summed E-state index contributed by atoms with van der Waals surface area (Å²) in [5.41, 5.74) is 1.37. The van der Waals surface area contributed by atoms with Gasteiger partial charge in [0.1, 0.15) is 0 Å². The molecule has 0 saturated heterocycles. The van der Waals surface area contributed by atoms with Crippen molar-refractivity contribution in [1.82, 2.24) is 15.5 Å². The Morgan fingerprint density at radius 1 is 1.47 bits per heavy atom. The van der Waals surface area contributed by atoms with E-state index in [2.05, 4.69) is 29.4 Å². The molecule has 0 aliphatic rings. The molecule has 1 heterocycles. The number of nitrogens with one attached hydrogen (secondary N) is 2. The number of hydrogen-bond donors (Lipinski definition) is 2. The lowest BCUT2D eigenvalue weighted by molar-refractivity contribution is 0.0944. The van der Waals surface area contributed by atoms with Crippen molar-refractivity contribution >= 4 is 16.8 Å². The number of H-pyrrole nitrogens is 1. The smallest absolute Gasteiger partial charge is 0.272 e. The fraction of sp³-hybridized carbons (Fsp3) is 0.385. The lowest BCUT2D eigenvalue weighted by Crippen LogP contribution is -2.28. The van der Waals surface area contributed by atoms with Gasteiger partial charge in [0.05, 0.1) is 5.52 Å². The molecule has 0 radical (unpaired) electrons. The van der Waals surface area contributed by atoms with Crippen LogP contribution in [0, 0.1) is 5.92 Å². The van der Waals surface area contributed by atoms with Crippen LogP contribution in [0.25, 0.3) is 10.9 Å². The lowest BCUT2D eigenvalue weighted by Gasteiger charge is -2.08. The number of rotatable bonds is 4. The van der Waals surface area contributed by atoms with Gasteiger partial charge in [0.15, 0.2) is 5.69 Å². The summed E-state index contributed by atoms with van der Waals surface area (Å²) < 4.78 is 0. The molecule has 1 aromatic carbocycles. The molecule has 4 heteroatoms. The van der Waals surface area contributed by atoms with Crippen molar-refractivity contribution in [2.24, 2.45) is 5.92 Å². The van der Waals surface area contributed by atoms with E-state index in [0.29, 0.717) is 18.2 Å². The largest absolute Gasteiger partial charge is 0.350 e. The predicted molar refractivity (Wildman–Crippen MR) is 67.9 cm³/mol. The number of aromatic amines is 1.